The van der Waals surface area contributed by atoms with Gasteiger partial charge in [0.15, 0.2) is 0 Å². The van der Waals surface area contributed by atoms with Gasteiger partial charge in [-0.2, -0.15) is 0 Å². The van der Waals surface area contributed by atoms with Gasteiger partial charge in [-0.25, -0.2) is 4.79 Å². The van der Waals surface area contributed by atoms with E-state index in [1.54, 1.807) is 0 Å². The summed E-state index contributed by atoms with van der Waals surface area (Å²) in [6.07, 6.45) is 3.18. The molecule has 1 N–H and O–H groups in total. The molecule has 0 radical (unpaired) electrons. The van der Waals surface area contributed by atoms with E-state index in [-0.39, 0.29) is 24.8 Å². The van der Waals surface area contributed by atoms with Crippen molar-refractivity contribution in [2.75, 3.05) is 6.79 Å². The number of rotatable bonds is 4. The summed E-state index contributed by atoms with van der Waals surface area (Å²) in [5.74, 6) is -1.18. The monoisotopic (exact) mass is 228 g/mol. The minimum atomic E-state index is -0.619. The molecule has 0 aliphatic heterocycles. The Morgan fingerprint density at radius 3 is 2.44 bits per heavy atom. The van der Waals surface area contributed by atoms with Crippen LogP contribution in [-0.4, -0.2) is 29.9 Å². The van der Waals surface area contributed by atoms with Gasteiger partial charge in [0.25, 0.3) is 0 Å². The predicted octanol–water partition coefficient (Wildman–Crippen LogP) is 0.767. The molecule has 0 aromatic rings. The average Bonchev–Trinajstić information content (AvgIpc) is 2.29. The largest absolute Gasteiger partial charge is 0.428 e. The van der Waals surface area contributed by atoms with Crippen molar-refractivity contribution in [2.24, 2.45) is 5.92 Å². The summed E-state index contributed by atoms with van der Waals surface area (Å²) in [6.45, 7) is 2.84. The van der Waals surface area contributed by atoms with Crippen LogP contribution in [0, 0.1) is 5.92 Å². The summed E-state index contributed by atoms with van der Waals surface area (Å²) in [6, 6.07) is 0. The van der Waals surface area contributed by atoms with Crippen molar-refractivity contribution >= 4 is 11.9 Å². The molecule has 0 heterocycles. The van der Waals surface area contributed by atoms with E-state index in [0.717, 1.165) is 6.08 Å². The zero-order valence-electron chi connectivity index (χ0n) is 9.05. The van der Waals surface area contributed by atoms with Gasteiger partial charge in [-0.15, -0.1) is 0 Å². The minimum Gasteiger partial charge on any atom is -0.428 e. The maximum absolute atomic E-state index is 11.5. The van der Waals surface area contributed by atoms with Crippen LogP contribution in [0.3, 0.4) is 0 Å². The Morgan fingerprint density at radius 1 is 1.25 bits per heavy atom. The maximum Gasteiger partial charge on any atom is 0.333 e. The van der Waals surface area contributed by atoms with Crippen LogP contribution in [0.4, 0.5) is 0 Å². The van der Waals surface area contributed by atoms with Gasteiger partial charge in [-0.3, -0.25) is 4.79 Å². The molecule has 1 rings (SSSR count). The molecular formula is C11H16O5. The van der Waals surface area contributed by atoms with Crippen LogP contribution in [0.2, 0.25) is 0 Å². The van der Waals surface area contributed by atoms with Crippen molar-refractivity contribution in [1.82, 2.24) is 0 Å². The molecule has 0 aromatic heterocycles. The summed E-state index contributed by atoms with van der Waals surface area (Å²) < 4.78 is 9.30. The number of carbonyl (C=O) groups excluding carboxylic acids is 2. The number of carbonyl (C=O) groups is 2. The van der Waals surface area contributed by atoms with E-state index >= 15 is 0 Å². The van der Waals surface area contributed by atoms with Crippen LogP contribution in [0.25, 0.3) is 0 Å². The summed E-state index contributed by atoms with van der Waals surface area (Å²) >= 11 is 0. The molecular weight excluding hydrogens is 212 g/mol. The van der Waals surface area contributed by atoms with E-state index in [9.17, 15) is 14.7 Å². The molecule has 0 aromatic carbocycles. The first-order valence-corrected chi connectivity index (χ1v) is 5.27. The molecule has 0 spiro atoms. The fourth-order valence-corrected chi connectivity index (χ4v) is 1.63. The van der Waals surface area contributed by atoms with Gasteiger partial charge in [0.05, 0.1) is 12.0 Å². The Labute approximate surface area is 94.0 Å². The highest BCUT2D eigenvalue weighted by Gasteiger charge is 2.26. The Balaban J connectivity index is 2.20. The SMILES string of the molecule is C=CC(=O)OCOC(=O)C1CCC(O)CC1. The number of hydrogen-bond acceptors (Lipinski definition) is 5. The van der Waals surface area contributed by atoms with Crippen LogP contribution in [0.15, 0.2) is 12.7 Å². The topological polar surface area (TPSA) is 72.8 Å². The molecule has 90 valence electrons. The lowest BCUT2D eigenvalue weighted by Gasteiger charge is -2.23. The molecule has 0 atom stereocenters. The first-order chi connectivity index (χ1) is 7.63. The number of ether oxygens (including phenoxy) is 2. The molecule has 1 aliphatic carbocycles. The smallest absolute Gasteiger partial charge is 0.333 e. The van der Waals surface area contributed by atoms with Crippen LogP contribution in [-0.2, 0) is 19.1 Å². The maximum atomic E-state index is 11.5. The zero-order valence-corrected chi connectivity index (χ0v) is 9.05. The second kappa shape index (κ2) is 6.27. The summed E-state index contributed by atoms with van der Waals surface area (Å²) in [5, 5.41) is 9.26. The molecule has 1 fully saturated rings. The minimum absolute atomic E-state index is 0.189. The molecule has 1 aliphatic rings. The average molecular weight is 228 g/mol. The van der Waals surface area contributed by atoms with Gasteiger partial charge in [0.2, 0.25) is 6.79 Å². The van der Waals surface area contributed by atoms with Crippen molar-refractivity contribution in [3.8, 4) is 0 Å². The van der Waals surface area contributed by atoms with E-state index in [4.69, 9.17) is 4.74 Å². The van der Waals surface area contributed by atoms with Crippen molar-refractivity contribution in [3.63, 3.8) is 0 Å². The Morgan fingerprint density at radius 2 is 1.88 bits per heavy atom. The van der Waals surface area contributed by atoms with E-state index in [1.165, 1.54) is 0 Å². The molecule has 1 saturated carbocycles. The first kappa shape index (κ1) is 12.7. The van der Waals surface area contributed by atoms with Crippen LogP contribution in [0.1, 0.15) is 25.7 Å². The van der Waals surface area contributed by atoms with Crippen LogP contribution in [0.5, 0.6) is 0 Å². The molecule has 0 saturated heterocycles. The van der Waals surface area contributed by atoms with Crippen molar-refractivity contribution in [2.45, 2.75) is 31.8 Å². The standard InChI is InChI=1S/C11H16O5/c1-2-10(13)15-7-16-11(14)8-3-5-9(12)6-4-8/h2,8-9,12H,1,3-7H2. The van der Waals surface area contributed by atoms with Gasteiger partial charge in [0, 0.05) is 6.08 Å². The van der Waals surface area contributed by atoms with Crippen LogP contribution < -0.4 is 0 Å². The summed E-state index contributed by atoms with van der Waals surface area (Å²) in [5.41, 5.74) is 0. The van der Waals surface area contributed by atoms with Crippen molar-refractivity contribution in [3.05, 3.63) is 12.7 Å². The predicted molar refractivity (Wildman–Crippen MR) is 55.2 cm³/mol. The van der Waals surface area contributed by atoms with Gasteiger partial charge >= 0.3 is 11.9 Å². The highest BCUT2D eigenvalue weighted by molar-refractivity contribution is 5.81. The van der Waals surface area contributed by atoms with Crippen molar-refractivity contribution in [1.29, 1.82) is 0 Å². The van der Waals surface area contributed by atoms with Gasteiger partial charge in [-0.05, 0) is 25.7 Å². The van der Waals surface area contributed by atoms with E-state index in [1.807, 2.05) is 0 Å². The highest BCUT2D eigenvalue weighted by Crippen LogP contribution is 2.25. The first-order valence-electron chi connectivity index (χ1n) is 5.27. The molecule has 5 heteroatoms. The lowest BCUT2D eigenvalue weighted by atomic mass is 9.88. The third-order valence-electron chi connectivity index (χ3n) is 2.60. The second-order valence-corrected chi connectivity index (χ2v) is 3.75. The van der Waals surface area contributed by atoms with E-state index in [2.05, 4.69) is 11.3 Å². The number of esters is 2. The Kier molecular flexibility index (Phi) is 4.98. The van der Waals surface area contributed by atoms with E-state index in [0.29, 0.717) is 25.7 Å². The molecule has 0 unspecified atom stereocenters. The number of hydrogen-bond donors (Lipinski definition) is 1. The molecule has 0 amide bonds. The van der Waals surface area contributed by atoms with Crippen LogP contribution >= 0.6 is 0 Å². The lowest BCUT2D eigenvalue weighted by Crippen LogP contribution is -2.26. The number of aliphatic hydroxyl groups excluding tert-OH is 1. The third-order valence-corrected chi connectivity index (χ3v) is 2.60. The summed E-state index contributed by atoms with van der Waals surface area (Å²) in [7, 11) is 0. The van der Waals surface area contributed by atoms with Gasteiger partial charge in [0.1, 0.15) is 0 Å². The quantitative estimate of drug-likeness (QED) is 0.437. The fraction of sp³-hybridized carbons (Fsp3) is 0.636. The Hall–Kier alpha value is -1.36. The fourth-order valence-electron chi connectivity index (χ4n) is 1.63. The highest BCUT2D eigenvalue weighted by atomic mass is 16.7. The molecule has 5 nitrogen and oxygen atoms in total. The lowest BCUT2D eigenvalue weighted by molar-refractivity contribution is -0.168. The second-order valence-electron chi connectivity index (χ2n) is 3.75. The molecule has 16 heavy (non-hydrogen) atoms. The van der Waals surface area contributed by atoms with E-state index < -0.39 is 5.97 Å². The number of aliphatic hydroxyl groups is 1. The van der Waals surface area contributed by atoms with Gasteiger partial charge < -0.3 is 14.6 Å². The van der Waals surface area contributed by atoms with Gasteiger partial charge in [-0.1, -0.05) is 6.58 Å². The third kappa shape index (κ3) is 4.02. The summed E-state index contributed by atoms with van der Waals surface area (Å²) in [4.78, 5) is 22.1. The molecule has 0 bridgehead atoms. The Bertz CT molecular complexity index is 266. The van der Waals surface area contributed by atoms with Crippen molar-refractivity contribution < 1.29 is 24.2 Å². The zero-order chi connectivity index (χ0) is 12.0. The normalized spacial score (nSPS) is 24.6.